The fraction of sp³-hybridized carbons (Fsp3) is 0.200. The van der Waals surface area contributed by atoms with Gasteiger partial charge in [-0.1, -0.05) is 20.8 Å². The van der Waals surface area contributed by atoms with Gasteiger partial charge in [0.15, 0.2) is 21.4 Å². The summed E-state index contributed by atoms with van der Waals surface area (Å²) in [6.45, 7) is 5.49. The molecule has 5 heterocycles. The van der Waals surface area contributed by atoms with Crippen LogP contribution in [0.15, 0.2) is 61.1 Å². The van der Waals surface area contributed by atoms with Gasteiger partial charge in [-0.05, 0) is 48.0 Å². The molecule has 6 rings (SSSR count). The lowest BCUT2D eigenvalue weighted by Crippen LogP contribution is -2.27. The number of halogens is 1. The number of sulfone groups is 1. The Morgan fingerprint density at radius 3 is 2.50 bits per heavy atom. The highest BCUT2D eigenvalue weighted by molar-refractivity contribution is 7.90. The summed E-state index contributed by atoms with van der Waals surface area (Å²) in [5.41, 5.74) is 10.6. The van der Waals surface area contributed by atoms with Crippen LogP contribution >= 0.6 is 0 Å². The highest BCUT2D eigenvalue weighted by Gasteiger charge is 2.23. The summed E-state index contributed by atoms with van der Waals surface area (Å²) in [4.78, 5) is 34.0. The minimum atomic E-state index is -3.67. The number of carbonyl (C=O) groups excluding carboxylic acids is 1. The number of pyridine rings is 3. The van der Waals surface area contributed by atoms with Crippen LogP contribution in [-0.4, -0.2) is 55.7 Å². The van der Waals surface area contributed by atoms with Crippen LogP contribution in [-0.2, 0) is 14.6 Å². The van der Waals surface area contributed by atoms with E-state index in [4.69, 9.17) is 15.7 Å². The summed E-state index contributed by atoms with van der Waals surface area (Å²) in [6.07, 6.45) is 5.76. The van der Waals surface area contributed by atoms with Gasteiger partial charge in [-0.25, -0.2) is 22.8 Å². The molecule has 6 aromatic rings. The van der Waals surface area contributed by atoms with Crippen molar-refractivity contribution in [2.45, 2.75) is 26.1 Å². The zero-order valence-corrected chi connectivity index (χ0v) is 25.0. The van der Waals surface area contributed by atoms with Gasteiger partial charge < -0.3 is 16.0 Å². The van der Waals surface area contributed by atoms with Crippen LogP contribution in [0.2, 0.25) is 0 Å². The molecule has 0 radical (unpaired) electrons. The molecule has 12 nitrogen and oxygen atoms in total. The second kappa shape index (κ2) is 10.6. The zero-order valence-electron chi connectivity index (χ0n) is 24.2. The van der Waals surface area contributed by atoms with Crippen LogP contribution in [0.1, 0.15) is 31.7 Å². The van der Waals surface area contributed by atoms with E-state index in [-0.39, 0.29) is 11.5 Å². The number of benzene rings is 1. The second-order valence-electron chi connectivity index (χ2n) is 11.5. The van der Waals surface area contributed by atoms with E-state index in [2.05, 4.69) is 30.5 Å². The molecular weight excluding hydrogens is 585 g/mol. The monoisotopic (exact) mass is 613 g/mol. The molecule has 1 aromatic carbocycles. The summed E-state index contributed by atoms with van der Waals surface area (Å²) in [7, 11) is -3.67. The average molecular weight is 614 g/mol. The lowest BCUT2D eigenvalue weighted by Gasteiger charge is -2.17. The zero-order chi connectivity index (χ0) is 31.4. The van der Waals surface area contributed by atoms with Crippen LogP contribution in [0, 0.1) is 11.2 Å². The molecule has 1 amide bonds. The second-order valence-corrected chi connectivity index (χ2v) is 13.7. The van der Waals surface area contributed by atoms with Gasteiger partial charge in [-0.3, -0.25) is 19.9 Å². The van der Waals surface area contributed by atoms with Crippen molar-refractivity contribution in [1.82, 2.24) is 35.1 Å². The molecule has 5 aromatic heterocycles. The third-order valence-electron chi connectivity index (χ3n) is 6.99. The van der Waals surface area contributed by atoms with Gasteiger partial charge in [-0.15, -0.1) is 0 Å². The van der Waals surface area contributed by atoms with Gasteiger partial charge in [0.1, 0.15) is 22.2 Å². The maximum atomic E-state index is 14.6. The minimum Gasteiger partial charge on any atom is -0.336 e. The predicted octanol–water partition coefficient (Wildman–Crippen LogP) is 4.75. The largest absolute Gasteiger partial charge is 0.336 e. The molecule has 5 N–H and O–H groups in total. The number of anilines is 1. The van der Waals surface area contributed by atoms with Gasteiger partial charge in [0.05, 0.1) is 34.3 Å². The van der Waals surface area contributed by atoms with Crippen LogP contribution in [0.5, 0.6) is 0 Å². The number of fused-ring (bicyclic) bond motifs is 2. The molecule has 44 heavy (non-hydrogen) atoms. The molecule has 0 bridgehead atoms. The van der Waals surface area contributed by atoms with Crippen molar-refractivity contribution in [1.29, 1.82) is 0 Å². The molecule has 0 aliphatic carbocycles. The number of nitrogens with two attached hydrogens (primary N) is 1. The normalized spacial score (nSPS) is 13.0. The number of carbonyl (C=O) groups is 1. The summed E-state index contributed by atoms with van der Waals surface area (Å²) >= 11 is 0. The van der Waals surface area contributed by atoms with Crippen molar-refractivity contribution in [3.63, 3.8) is 0 Å². The molecule has 14 heteroatoms. The highest BCUT2D eigenvalue weighted by Crippen LogP contribution is 2.33. The van der Waals surface area contributed by atoms with Gasteiger partial charge >= 0.3 is 0 Å². The molecule has 1 unspecified atom stereocenters. The van der Waals surface area contributed by atoms with E-state index in [1.54, 1.807) is 24.5 Å². The molecule has 0 fully saturated rings. The fourth-order valence-corrected chi connectivity index (χ4v) is 5.24. The van der Waals surface area contributed by atoms with Crippen molar-refractivity contribution < 1.29 is 17.6 Å². The van der Waals surface area contributed by atoms with E-state index in [9.17, 15) is 17.6 Å². The number of amides is 1. The third kappa shape index (κ3) is 5.52. The number of hydrogen-bond donors (Lipinski definition) is 4. The number of hydrogen-bond acceptors (Lipinski definition) is 9. The first-order valence-electron chi connectivity index (χ1n) is 13.5. The average Bonchev–Trinajstić information content (AvgIpc) is 3.59. The molecule has 0 aliphatic heterocycles. The third-order valence-corrected chi connectivity index (χ3v) is 8.18. The first-order chi connectivity index (χ1) is 20.8. The summed E-state index contributed by atoms with van der Waals surface area (Å²) in [5.74, 6) is -0.403. The maximum Gasteiger partial charge on any atom is 0.229 e. The first-order valence-corrected chi connectivity index (χ1v) is 15.5. The number of nitrogens with zero attached hydrogens (tertiary/aromatic N) is 5. The van der Waals surface area contributed by atoms with Crippen LogP contribution < -0.4 is 11.1 Å². The Bertz CT molecular complexity index is 2190. The number of rotatable bonds is 6. The maximum absolute atomic E-state index is 14.6. The Kier molecular flexibility index (Phi) is 6.97. The Morgan fingerprint density at radius 2 is 1.75 bits per heavy atom. The van der Waals surface area contributed by atoms with Gasteiger partial charge in [0.25, 0.3) is 0 Å². The van der Waals surface area contributed by atoms with E-state index >= 15 is 0 Å². The minimum absolute atomic E-state index is 0.101. The smallest absolute Gasteiger partial charge is 0.229 e. The highest BCUT2D eigenvalue weighted by atomic mass is 32.2. The Hall–Kier alpha value is -5.08. The van der Waals surface area contributed by atoms with E-state index < -0.39 is 26.4 Å². The van der Waals surface area contributed by atoms with Crippen molar-refractivity contribution in [2.24, 2.45) is 11.1 Å². The summed E-state index contributed by atoms with van der Waals surface area (Å²) in [5, 5.41) is 8.90. The molecule has 0 saturated carbocycles. The molecule has 224 valence electrons. The van der Waals surface area contributed by atoms with Crippen LogP contribution in [0.4, 0.5) is 10.1 Å². The Labute approximate surface area is 251 Å². The lowest BCUT2D eigenvalue weighted by atomic mass is 9.95. The quantitative estimate of drug-likeness (QED) is 0.206. The predicted molar refractivity (Wildman–Crippen MR) is 165 cm³/mol. The van der Waals surface area contributed by atoms with Crippen LogP contribution in [0.3, 0.4) is 0 Å². The summed E-state index contributed by atoms with van der Waals surface area (Å²) in [6, 6.07) is 11.0. The number of imidazole rings is 1. The molecule has 0 spiro atoms. The van der Waals surface area contributed by atoms with Gasteiger partial charge in [-0.2, -0.15) is 5.10 Å². The molecule has 1 atom stereocenters. The van der Waals surface area contributed by atoms with E-state index in [1.165, 1.54) is 18.3 Å². The Morgan fingerprint density at radius 1 is 0.977 bits per heavy atom. The molecular formula is C30H28FN9O3S. The first kappa shape index (κ1) is 29.0. The van der Waals surface area contributed by atoms with Crippen molar-refractivity contribution in [3.8, 4) is 34.0 Å². The number of nitrogens with one attached hydrogen (secondary N) is 3. The number of aromatic nitrogens is 7. The van der Waals surface area contributed by atoms with Gasteiger partial charge in [0, 0.05) is 35.2 Å². The standard InChI is InChI=1S/C30H28FN9O3S/c1-30(2,3)29(41)35-19-12-17(13-33-14-19)20-5-6-22-25(36-20)26(40-39-22)28-37-21-7-8-34-23(24(21)38-28)15-9-16(11-18(31)10-15)27(32)44(4,42)43/h5-14,27H,32H2,1-4H3,(H,35,41)(H,37,38)(H,39,40). The topological polar surface area (TPSA) is 185 Å². The SMILES string of the molecule is CC(C)(C)C(=O)Nc1cncc(-c2ccc3[nH]nc(-c4nc5c(-c6cc(F)cc(C(N)S(C)(=O)=O)c6)nccc5[nH]4)c3n2)c1. The van der Waals surface area contributed by atoms with E-state index in [0.29, 0.717) is 61.8 Å². The van der Waals surface area contributed by atoms with Crippen molar-refractivity contribution in [3.05, 3.63) is 72.4 Å². The van der Waals surface area contributed by atoms with Crippen molar-refractivity contribution in [2.75, 3.05) is 11.6 Å². The summed E-state index contributed by atoms with van der Waals surface area (Å²) < 4.78 is 38.7. The lowest BCUT2D eigenvalue weighted by molar-refractivity contribution is -0.123. The number of aromatic amines is 2. The number of H-pyrrole nitrogens is 2. The Balaban J connectivity index is 1.40. The van der Waals surface area contributed by atoms with E-state index in [0.717, 1.165) is 12.3 Å². The molecule has 0 saturated heterocycles. The molecule has 0 aliphatic rings. The van der Waals surface area contributed by atoms with Crippen LogP contribution in [0.25, 0.3) is 56.1 Å². The van der Waals surface area contributed by atoms with E-state index in [1.807, 2.05) is 32.9 Å². The van der Waals surface area contributed by atoms with Crippen molar-refractivity contribution >= 4 is 43.5 Å². The van der Waals surface area contributed by atoms with Gasteiger partial charge in [0.2, 0.25) is 5.91 Å². The fourth-order valence-electron chi connectivity index (χ4n) is 4.61.